The van der Waals surface area contributed by atoms with Crippen molar-refractivity contribution in [2.45, 2.75) is 78.1 Å². The van der Waals surface area contributed by atoms with Crippen LogP contribution < -0.4 is 0 Å². The Kier molecular flexibility index (Phi) is 20.0. The fourth-order valence-corrected chi connectivity index (χ4v) is 14.2. The van der Waals surface area contributed by atoms with Crippen LogP contribution in [0.25, 0.3) is 0 Å². The molecule has 0 heterocycles. The van der Waals surface area contributed by atoms with E-state index >= 15 is 0 Å². The summed E-state index contributed by atoms with van der Waals surface area (Å²) in [6.07, 6.45) is 1.20. The maximum absolute atomic E-state index is 11.2. The monoisotopic (exact) mass is 512 g/mol. The fourth-order valence-electron chi connectivity index (χ4n) is 2.61. The first-order chi connectivity index (χ1) is 14.7. The molecule has 0 aromatic rings. The second-order valence-electron chi connectivity index (χ2n) is 9.12. The Bertz CT molecular complexity index is 498. The van der Waals surface area contributed by atoms with Gasteiger partial charge in [-0.15, -0.1) is 0 Å². The zero-order valence-corrected chi connectivity index (χ0v) is 24.7. The third kappa shape index (κ3) is 24.3. The van der Waals surface area contributed by atoms with Gasteiger partial charge >= 0.3 is 14.5 Å². The summed E-state index contributed by atoms with van der Waals surface area (Å²) in [7, 11) is -4.76. The minimum atomic E-state index is -1.99. The van der Waals surface area contributed by atoms with Gasteiger partial charge in [0.15, 0.2) is 17.4 Å². The highest BCUT2D eigenvalue weighted by Gasteiger charge is 2.32. The molecular formula is C21H48O8Si3. The van der Waals surface area contributed by atoms with Gasteiger partial charge in [-0.25, -0.2) is 4.79 Å². The molecule has 2 atom stereocenters. The molecule has 0 rings (SSSR count). The largest absolute Gasteiger partial charge is 0.460 e. The van der Waals surface area contributed by atoms with Crippen LogP contribution in [-0.4, -0.2) is 87.8 Å². The SMILES string of the molecule is C=C(C)C(=O)OCCOCCC[SiH](C)O[Si](C)(C)O[Si](C)(C)C.CCCOCC(O)CO. The summed E-state index contributed by atoms with van der Waals surface area (Å²) in [6.45, 7) is 22.3. The molecule has 0 spiro atoms. The molecule has 11 heteroatoms. The van der Waals surface area contributed by atoms with Crippen molar-refractivity contribution in [2.75, 3.05) is 39.6 Å². The number of carbonyl (C=O) groups is 1. The van der Waals surface area contributed by atoms with E-state index in [1.807, 2.05) is 6.92 Å². The van der Waals surface area contributed by atoms with Gasteiger partial charge in [-0.1, -0.05) is 13.5 Å². The summed E-state index contributed by atoms with van der Waals surface area (Å²) < 4.78 is 27.8. The molecule has 0 amide bonds. The van der Waals surface area contributed by atoms with Crippen molar-refractivity contribution in [1.29, 1.82) is 0 Å². The predicted octanol–water partition coefficient (Wildman–Crippen LogP) is 3.20. The number of hydrogen-bond donors (Lipinski definition) is 2. The molecule has 0 saturated heterocycles. The Balaban J connectivity index is 0. The van der Waals surface area contributed by atoms with E-state index in [2.05, 4.69) is 45.9 Å². The van der Waals surface area contributed by atoms with Crippen molar-refractivity contribution in [3.63, 3.8) is 0 Å². The van der Waals surface area contributed by atoms with Crippen LogP contribution in [0.4, 0.5) is 0 Å². The van der Waals surface area contributed by atoms with Crippen molar-refractivity contribution >= 4 is 31.9 Å². The molecule has 0 aliphatic rings. The number of hydrogen-bond acceptors (Lipinski definition) is 8. The average Bonchev–Trinajstić information content (AvgIpc) is 2.65. The van der Waals surface area contributed by atoms with Crippen LogP contribution in [0.2, 0.25) is 45.3 Å². The molecule has 0 aliphatic carbocycles. The highest BCUT2D eigenvalue weighted by atomic mass is 28.5. The van der Waals surface area contributed by atoms with Gasteiger partial charge in [-0.2, -0.15) is 0 Å². The van der Waals surface area contributed by atoms with E-state index in [9.17, 15) is 4.79 Å². The van der Waals surface area contributed by atoms with Gasteiger partial charge in [-0.05, 0) is 65.1 Å². The number of aliphatic hydroxyl groups excluding tert-OH is 2. The zero-order valence-electron chi connectivity index (χ0n) is 21.6. The second-order valence-corrected chi connectivity index (χ2v) is 20.1. The Morgan fingerprint density at radius 3 is 2.19 bits per heavy atom. The van der Waals surface area contributed by atoms with Gasteiger partial charge in [0, 0.05) is 18.8 Å². The van der Waals surface area contributed by atoms with Crippen LogP contribution in [-0.2, 0) is 27.2 Å². The molecule has 2 N–H and O–H groups in total. The van der Waals surface area contributed by atoms with E-state index < -0.39 is 32.0 Å². The lowest BCUT2D eigenvalue weighted by atomic mass is 10.4. The van der Waals surface area contributed by atoms with E-state index in [-0.39, 0.29) is 25.8 Å². The number of carbonyl (C=O) groups excluding carboxylic acids is 1. The van der Waals surface area contributed by atoms with Crippen LogP contribution >= 0.6 is 0 Å². The molecule has 0 aromatic heterocycles. The van der Waals surface area contributed by atoms with Gasteiger partial charge in [-0.3, -0.25) is 0 Å². The summed E-state index contributed by atoms with van der Waals surface area (Å²) in [5, 5.41) is 17.0. The van der Waals surface area contributed by atoms with Gasteiger partial charge < -0.3 is 32.7 Å². The average molecular weight is 513 g/mol. The van der Waals surface area contributed by atoms with Gasteiger partial charge in [0.25, 0.3) is 0 Å². The van der Waals surface area contributed by atoms with Gasteiger partial charge in [0.1, 0.15) is 12.7 Å². The maximum atomic E-state index is 11.2. The molecule has 8 nitrogen and oxygen atoms in total. The quantitative estimate of drug-likeness (QED) is 0.133. The van der Waals surface area contributed by atoms with Crippen LogP contribution in [0.1, 0.15) is 26.7 Å². The standard InChI is InChI=1S/C15H34O5Si3.C6H14O3/c1-14(2)15(16)18-12-11-17-10-9-13-21(3)19-23(7,8)20-22(4,5)6;1-2-3-9-5-6(8)4-7/h21H,1,9-13H2,2-8H3;6-8H,2-5H2,1H3. The Morgan fingerprint density at radius 1 is 1.06 bits per heavy atom. The number of aliphatic hydroxyl groups is 2. The molecular weight excluding hydrogens is 464 g/mol. The summed E-state index contributed by atoms with van der Waals surface area (Å²) in [5.41, 5.74) is 0.411. The van der Waals surface area contributed by atoms with E-state index in [0.29, 0.717) is 25.4 Å². The molecule has 0 bridgehead atoms. The number of rotatable bonds is 17. The molecule has 192 valence electrons. The van der Waals surface area contributed by atoms with E-state index in [1.165, 1.54) is 0 Å². The van der Waals surface area contributed by atoms with E-state index in [4.69, 9.17) is 32.7 Å². The Hall–Kier alpha value is -0.379. The fraction of sp³-hybridized carbons (Fsp3) is 0.857. The minimum absolute atomic E-state index is 0.219. The van der Waals surface area contributed by atoms with Crippen LogP contribution in [0.5, 0.6) is 0 Å². The zero-order chi connectivity index (χ0) is 25.2. The first kappa shape index (κ1) is 33.8. The number of ether oxygens (including phenoxy) is 3. The number of esters is 1. The van der Waals surface area contributed by atoms with E-state index in [1.54, 1.807) is 6.92 Å². The van der Waals surface area contributed by atoms with Crippen LogP contribution in [0.15, 0.2) is 12.2 Å². The molecule has 0 radical (unpaired) electrons. The Labute approximate surface area is 199 Å². The van der Waals surface area contributed by atoms with Crippen molar-refractivity contribution in [3.05, 3.63) is 12.2 Å². The summed E-state index contributed by atoms with van der Waals surface area (Å²) in [4.78, 5) is 11.2. The van der Waals surface area contributed by atoms with E-state index in [0.717, 1.165) is 18.9 Å². The molecule has 0 aromatic carbocycles. The van der Waals surface area contributed by atoms with Crippen molar-refractivity contribution < 1.29 is 37.4 Å². The first-order valence-electron chi connectivity index (χ1n) is 11.4. The van der Waals surface area contributed by atoms with Crippen molar-refractivity contribution in [2.24, 2.45) is 0 Å². The molecule has 32 heavy (non-hydrogen) atoms. The second kappa shape index (κ2) is 19.0. The lowest BCUT2D eigenvalue weighted by Gasteiger charge is -2.33. The molecule has 0 saturated carbocycles. The van der Waals surface area contributed by atoms with Crippen molar-refractivity contribution in [3.8, 4) is 0 Å². The lowest BCUT2D eigenvalue weighted by Crippen LogP contribution is -2.47. The molecule has 2 unspecified atom stereocenters. The topological polar surface area (TPSA) is 104 Å². The Morgan fingerprint density at radius 2 is 1.69 bits per heavy atom. The summed E-state index contributed by atoms with van der Waals surface area (Å²) >= 11 is 0. The third-order valence-electron chi connectivity index (χ3n) is 3.62. The third-order valence-corrected chi connectivity index (χ3v) is 13.1. The maximum Gasteiger partial charge on any atom is 0.333 e. The normalized spacial score (nSPS) is 13.7. The van der Waals surface area contributed by atoms with Gasteiger partial charge in [0.05, 0.1) is 19.8 Å². The lowest BCUT2D eigenvalue weighted by molar-refractivity contribution is -0.140. The highest BCUT2D eigenvalue weighted by Crippen LogP contribution is 2.17. The first-order valence-corrected chi connectivity index (χ1v) is 20.1. The highest BCUT2D eigenvalue weighted by molar-refractivity contribution is 6.84. The predicted molar refractivity (Wildman–Crippen MR) is 136 cm³/mol. The van der Waals surface area contributed by atoms with Crippen LogP contribution in [0.3, 0.4) is 0 Å². The molecule has 0 aliphatic heterocycles. The van der Waals surface area contributed by atoms with Gasteiger partial charge in [0.2, 0.25) is 0 Å². The van der Waals surface area contributed by atoms with Crippen LogP contribution in [0, 0.1) is 0 Å². The summed E-state index contributed by atoms with van der Waals surface area (Å²) in [5.74, 6) is -0.363. The minimum Gasteiger partial charge on any atom is -0.460 e. The smallest absolute Gasteiger partial charge is 0.333 e. The van der Waals surface area contributed by atoms with Crippen molar-refractivity contribution in [1.82, 2.24) is 0 Å². The molecule has 0 fully saturated rings. The summed E-state index contributed by atoms with van der Waals surface area (Å²) in [6, 6.07) is 1.07.